The van der Waals surface area contributed by atoms with Gasteiger partial charge in [-0.05, 0) is 0 Å². The van der Waals surface area contributed by atoms with Crippen LogP contribution in [-0.4, -0.2) is 49.3 Å². The lowest BCUT2D eigenvalue weighted by Gasteiger charge is -2.28. The van der Waals surface area contributed by atoms with E-state index in [0.29, 0.717) is 10.8 Å². The Kier molecular flexibility index (Phi) is 6.35. The van der Waals surface area contributed by atoms with Crippen LogP contribution in [0.5, 0.6) is 0 Å². The summed E-state index contributed by atoms with van der Waals surface area (Å²) in [7, 11) is -18.7. The highest BCUT2D eigenvalue weighted by molar-refractivity contribution is 8.15. The van der Waals surface area contributed by atoms with Gasteiger partial charge in [0.15, 0.2) is 39.3 Å². The minimum atomic E-state index is -4.93. The highest BCUT2D eigenvalue weighted by atomic mass is 32.3. The van der Waals surface area contributed by atoms with Crippen LogP contribution in [-0.2, 0) is 39.3 Å². The van der Waals surface area contributed by atoms with E-state index in [0.717, 1.165) is 0 Å². The Bertz CT molecular complexity index is 851. The molecule has 0 saturated heterocycles. The van der Waals surface area contributed by atoms with Crippen molar-refractivity contribution in [3.05, 3.63) is 47.9 Å². The Labute approximate surface area is 136 Å². The smallest absolute Gasteiger partial charge is 0.209 e. The molecule has 0 heterocycles. The van der Waals surface area contributed by atoms with Crippen molar-refractivity contribution in [3.63, 3.8) is 0 Å². The third-order valence-corrected chi connectivity index (χ3v) is 11.3. The monoisotopic (exact) mass is 404 g/mol. The van der Waals surface area contributed by atoms with E-state index in [-0.39, 0.29) is 10.8 Å². The second-order valence-corrected chi connectivity index (χ2v) is 12.8. The lowest BCUT2D eigenvalue weighted by molar-refractivity contribution is 0.553. The topological polar surface area (TPSA) is 137 Å². The second kappa shape index (κ2) is 6.71. The van der Waals surface area contributed by atoms with Crippen LogP contribution >= 0.6 is 0 Å². The number of rotatable bonds is 10. The molecule has 0 bridgehead atoms. The van der Waals surface area contributed by atoms with Gasteiger partial charge < -0.3 is 0 Å². The first-order chi connectivity index (χ1) is 10.2. The first-order valence-electron chi connectivity index (χ1n) is 5.60. The van der Waals surface area contributed by atoms with Crippen molar-refractivity contribution in [1.29, 1.82) is 0 Å². The molecule has 0 rings (SSSR count). The zero-order chi connectivity index (χ0) is 18.7. The highest BCUT2D eigenvalue weighted by Crippen LogP contribution is 2.32. The van der Waals surface area contributed by atoms with Crippen LogP contribution < -0.4 is 0 Å². The van der Waals surface area contributed by atoms with E-state index in [4.69, 9.17) is 0 Å². The Morgan fingerprint density at radius 3 is 1.00 bits per heavy atom. The zero-order valence-electron chi connectivity index (χ0n) is 12.0. The van der Waals surface area contributed by atoms with Crippen LogP contribution in [0.1, 0.15) is 0 Å². The molecule has 0 aliphatic rings. The van der Waals surface area contributed by atoms with Crippen LogP contribution in [0.3, 0.4) is 0 Å². The van der Waals surface area contributed by atoms with Gasteiger partial charge in [-0.3, -0.25) is 0 Å². The fourth-order valence-corrected chi connectivity index (χ4v) is 10.3. The first kappa shape index (κ1) is 21.8. The van der Waals surface area contributed by atoms with Gasteiger partial charge in [-0.2, -0.15) is 0 Å². The molecule has 132 valence electrons. The molecule has 0 atom stereocenters. The van der Waals surface area contributed by atoms with E-state index in [9.17, 15) is 33.7 Å². The summed E-state index contributed by atoms with van der Waals surface area (Å²) in [6.07, 6.45) is 0. The van der Waals surface area contributed by atoms with Crippen molar-refractivity contribution in [2.75, 3.05) is 11.5 Å². The van der Waals surface area contributed by atoms with Crippen LogP contribution in [0, 0.1) is 0 Å². The van der Waals surface area contributed by atoms with Gasteiger partial charge in [0, 0.05) is 21.6 Å². The van der Waals surface area contributed by atoms with Gasteiger partial charge in [-0.15, -0.1) is 0 Å². The van der Waals surface area contributed by atoms with Crippen molar-refractivity contribution in [3.8, 4) is 0 Å². The van der Waals surface area contributed by atoms with Crippen molar-refractivity contribution < 1.29 is 33.7 Å². The molecule has 0 aromatic carbocycles. The Morgan fingerprint density at radius 1 is 0.565 bits per heavy atom. The molecule has 0 fully saturated rings. The second-order valence-electron chi connectivity index (χ2n) is 4.28. The quantitative estimate of drug-likeness (QED) is 0.493. The molecule has 0 aromatic heterocycles. The Morgan fingerprint density at radius 2 is 0.826 bits per heavy atom. The van der Waals surface area contributed by atoms with Gasteiger partial charge in [-0.1, -0.05) is 26.3 Å². The SMILES string of the molecule is C=CS(=O)(=O)CC(CS(=O)(=O)C=C)(S(=O)(=O)C=C)S(=O)(=O)C=C. The fourth-order valence-electron chi connectivity index (χ4n) is 1.57. The summed E-state index contributed by atoms with van der Waals surface area (Å²) in [5.74, 6) is -3.11. The number of hydrogen-bond acceptors (Lipinski definition) is 8. The largest absolute Gasteiger partial charge is 0.224 e. The predicted octanol–water partition coefficient (Wildman–Crippen LogP) is -0.0841. The summed E-state index contributed by atoms with van der Waals surface area (Å²) < 4.78 is 93.0. The van der Waals surface area contributed by atoms with E-state index in [2.05, 4.69) is 26.3 Å². The molecule has 0 saturated carbocycles. The minimum Gasteiger partial charge on any atom is -0.224 e. The van der Waals surface area contributed by atoms with Gasteiger partial charge in [0.2, 0.25) is 4.08 Å². The Balaban J connectivity index is 7.15. The highest BCUT2D eigenvalue weighted by Gasteiger charge is 2.57. The third kappa shape index (κ3) is 4.40. The van der Waals surface area contributed by atoms with Gasteiger partial charge in [-0.25, -0.2) is 33.7 Å². The molecule has 0 unspecified atom stereocenters. The maximum Gasteiger partial charge on any atom is 0.209 e. The van der Waals surface area contributed by atoms with E-state index in [1.165, 1.54) is 0 Å². The molecule has 12 heteroatoms. The zero-order valence-corrected chi connectivity index (χ0v) is 15.2. The lowest BCUT2D eigenvalue weighted by atomic mass is 10.5. The molecule has 23 heavy (non-hydrogen) atoms. The van der Waals surface area contributed by atoms with Crippen molar-refractivity contribution >= 4 is 39.3 Å². The molecule has 0 radical (unpaired) electrons. The van der Waals surface area contributed by atoms with Crippen LogP contribution in [0.15, 0.2) is 47.9 Å². The van der Waals surface area contributed by atoms with E-state index < -0.39 is 54.9 Å². The lowest BCUT2D eigenvalue weighted by Crippen LogP contribution is -2.54. The summed E-state index contributed by atoms with van der Waals surface area (Å²) in [6.45, 7) is 11.8. The summed E-state index contributed by atoms with van der Waals surface area (Å²) in [5, 5.41) is 1.04. The van der Waals surface area contributed by atoms with Gasteiger partial charge in [0.05, 0.1) is 11.5 Å². The molecule has 0 aliphatic heterocycles. The summed E-state index contributed by atoms with van der Waals surface area (Å²) in [5.41, 5.74) is 0. The molecular formula is C11H16O8S4. The maximum atomic E-state index is 12.3. The Hall–Kier alpha value is -1.24. The molecule has 0 aromatic rings. The van der Waals surface area contributed by atoms with Crippen molar-refractivity contribution in [2.24, 2.45) is 0 Å². The van der Waals surface area contributed by atoms with Gasteiger partial charge in [0.1, 0.15) is 0 Å². The summed E-state index contributed by atoms with van der Waals surface area (Å²) in [4.78, 5) is 0. The molecule has 0 spiro atoms. The van der Waals surface area contributed by atoms with Gasteiger partial charge in [0.25, 0.3) is 0 Å². The normalized spacial score (nSPS) is 13.9. The van der Waals surface area contributed by atoms with Crippen molar-refractivity contribution in [1.82, 2.24) is 0 Å². The summed E-state index contributed by atoms with van der Waals surface area (Å²) >= 11 is 0. The molecule has 0 aliphatic carbocycles. The van der Waals surface area contributed by atoms with Gasteiger partial charge >= 0.3 is 0 Å². The number of hydrogen-bond donors (Lipinski definition) is 0. The predicted molar refractivity (Wildman–Crippen MR) is 88.9 cm³/mol. The van der Waals surface area contributed by atoms with Crippen LogP contribution in [0.2, 0.25) is 0 Å². The third-order valence-electron chi connectivity index (χ3n) is 2.83. The maximum absolute atomic E-state index is 12.3. The summed E-state index contributed by atoms with van der Waals surface area (Å²) in [6, 6.07) is 0. The van der Waals surface area contributed by atoms with E-state index in [1.54, 1.807) is 0 Å². The molecular weight excluding hydrogens is 388 g/mol. The molecule has 8 nitrogen and oxygen atoms in total. The molecule has 0 N–H and O–H groups in total. The van der Waals surface area contributed by atoms with E-state index >= 15 is 0 Å². The van der Waals surface area contributed by atoms with Crippen LogP contribution in [0.4, 0.5) is 0 Å². The molecule has 0 amide bonds. The average Bonchev–Trinajstić information content (AvgIpc) is 2.45. The standard InChI is InChI=1S/C11H16O8S4/c1-5-20(12,13)9-11(22(16,17)7-3,23(18,19)8-4)10-21(14,15)6-2/h5-8H,1-4,9-10H2. The van der Waals surface area contributed by atoms with E-state index in [1.807, 2.05) is 0 Å². The fraction of sp³-hybridized carbons (Fsp3) is 0.273. The van der Waals surface area contributed by atoms with Crippen molar-refractivity contribution in [2.45, 2.75) is 4.08 Å². The number of sulfone groups is 4. The minimum absolute atomic E-state index is 0.186. The average molecular weight is 405 g/mol. The first-order valence-corrected chi connectivity index (χ1v) is 12.1. The van der Waals surface area contributed by atoms with Crippen LogP contribution in [0.25, 0.3) is 0 Å².